The largest absolute Gasteiger partial charge is 0.457 e. The summed E-state index contributed by atoms with van der Waals surface area (Å²) in [6.07, 6.45) is 1.94. The van der Waals surface area contributed by atoms with Gasteiger partial charge < -0.3 is 14.5 Å². The van der Waals surface area contributed by atoms with Crippen LogP contribution in [-0.2, 0) is 16.2 Å². The highest BCUT2D eigenvalue weighted by Crippen LogP contribution is 2.54. The van der Waals surface area contributed by atoms with E-state index in [9.17, 15) is 2.74 Å². The molecule has 3 aliphatic rings. The summed E-state index contributed by atoms with van der Waals surface area (Å²) in [4.78, 5) is 12.1. The number of nitrogens with zero attached hydrogens (tertiary/aromatic N) is 4. The molecule has 0 radical (unpaired) electrons. The van der Waals surface area contributed by atoms with E-state index in [4.69, 9.17) is 13.8 Å². The van der Waals surface area contributed by atoms with Crippen LogP contribution in [0.25, 0.3) is 33.4 Å². The zero-order valence-electron chi connectivity index (χ0n) is 53.6. The number of aromatic nitrogens is 1. The number of anilines is 7. The van der Waals surface area contributed by atoms with Crippen LogP contribution in [0.5, 0.6) is 11.5 Å². The third-order valence-electron chi connectivity index (χ3n) is 17.4. The standard InChI is InChI=1S/C75H72N4OSi/c1-48-49(2)69(51-25-15-13-16-26-51)71(70(50(48)3)52-41-54(74(7,8)9)43-55(42-52)75(10,11)12)78-47-77(62-33-20-21-34-63(62)78)56-27-23-28-57(45-56)80-58-37-38-67-65(46-58)79(68-44-53(39-40-76-68)73(4,5)6)64-35-24-32-61-60-31-19-22-36-66(60)81(67,72(61)64)59-29-17-14-18-30-59/h13-46H,47H2,1-12H3/i13D,15D,16D,25D,26D. The van der Waals surface area contributed by atoms with Gasteiger partial charge in [0, 0.05) is 40.8 Å². The zero-order valence-corrected chi connectivity index (χ0v) is 49.6. The van der Waals surface area contributed by atoms with Crippen molar-refractivity contribution in [2.75, 3.05) is 21.4 Å². The van der Waals surface area contributed by atoms with E-state index in [1.54, 1.807) is 0 Å². The lowest BCUT2D eigenvalue weighted by molar-refractivity contribution is 0.483. The van der Waals surface area contributed by atoms with Gasteiger partial charge >= 0.3 is 0 Å². The number of pyridine rings is 1. The highest BCUT2D eigenvalue weighted by atomic mass is 28.3. The van der Waals surface area contributed by atoms with E-state index in [0.717, 1.165) is 67.8 Å². The van der Waals surface area contributed by atoms with Gasteiger partial charge in [-0.05, 0) is 162 Å². The molecule has 5 nitrogen and oxygen atoms in total. The highest BCUT2D eigenvalue weighted by molar-refractivity contribution is 7.23. The van der Waals surface area contributed by atoms with E-state index >= 15 is 0 Å². The van der Waals surface area contributed by atoms with Gasteiger partial charge in [-0.15, -0.1) is 0 Å². The number of ether oxygens (including phenoxy) is 1. The molecule has 1 aromatic heterocycles. The number of rotatable bonds is 8. The highest BCUT2D eigenvalue weighted by Gasteiger charge is 2.55. The van der Waals surface area contributed by atoms with E-state index in [1.807, 2.05) is 31.3 Å². The minimum atomic E-state index is -2.92. The fraction of sp³-hybridized carbons (Fsp3) is 0.213. The van der Waals surface area contributed by atoms with Crippen LogP contribution in [0, 0.1) is 20.8 Å². The number of fused-ring (bicyclic) bond motifs is 6. The second-order valence-electron chi connectivity index (χ2n) is 25.4. The first kappa shape index (κ1) is 46.3. The molecule has 0 amide bonds. The molecule has 81 heavy (non-hydrogen) atoms. The predicted molar refractivity (Wildman–Crippen MR) is 345 cm³/mol. The average Bonchev–Trinajstić information content (AvgIpc) is 1.46. The van der Waals surface area contributed by atoms with Crippen LogP contribution in [0.2, 0.25) is 0 Å². The summed E-state index contributed by atoms with van der Waals surface area (Å²) in [5.74, 6) is 2.20. The minimum Gasteiger partial charge on any atom is -0.457 e. The Morgan fingerprint density at radius 3 is 1.79 bits per heavy atom. The van der Waals surface area contributed by atoms with E-state index < -0.39 is 14.1 Å². The lowest BCUT2D eigenvalue weighted by atomic mass is 9.77. The molecule has 0 saturated heterocycles. The Kier molecular flexibility index (Phi) is 10.9. The molecule has 0 fully saturated rings. The minimum absolute atomic E-state index is 0.113. The molecule has 0 N–H and O–H groups in total. The van der Waals surface area contributed by atoms with Crippen molar-refractivity contribution in [2.24, 2.45) is 0 Å². The molecule has 4 heterocycles. The van der Waals surface area contributed by atoms with Gasteiger partial charge in [-0.1, -0.05) is 202 Å². The lowest BCUT2D eigenvalue weighted by Gasteiger charge is -2.43. The summed E-state index contributed by atoms with van der Waals surface area (Å²) in [6, 6.07) is 59.9. The van der Waals surface area contributed by atoms with Gasteiger partial charge in [-0.25, -0.2) is 4.98 Å². The Balaban J connectivity index is 0.974. The summed E-state index contributed by atoms with van der Waals surface area (Å²) in [7, 11) is -2.92. The Morgan fingerprint density at radius 1 is 0.481 bits per heavy atom. The quantitative estimate of drug-likeness (QED) is 0.142. The van der Waals surface area contributed by atoms with Gasteiger partial charge in [0.25, 0.3) is 0 Å². The summed E-state index contributed by atoms with van der Waals surface area (Å²) < 4.78 is 53.0. The number of benzene rings is 9. The molecule has 402 valence electrons. The van der Waals surface area contributed by atoms with Gasteiger partial charge in [-0.2, -0.15) is 0 Å². The smallest absolute Gasteiger partial charge is 0.185 e. The van der Waals surface area contributed by atoms with Crippen molar-refractivity contribution in [3.8, 4) is 44.9 Å². The van der Waals surface area contributed by atoms with Crippen LogP contribution in [0.15, 0.2) is 206 Å². The Hall–Kier alpha value is -8.45. The second kappa shape index (κ2) is 19.1. The van der Waals surface area contributed by atoms with Gasteiger partial charge in [0.1, 0.15) is 24.0 Å². The maximum Gasteiger partial charge on any atom is 0.185 e. The van der Waals surface area contributed by atoms with Crippen molar-refractivity contribution in [3.05, 3.63) is 240 Å². The van der Waals surface area contributed by atoms with E-state index in [2.05, 4.69) is 243 Å². The molecule has 1 unspecified atom stereocenters. The average molecular weight is 1080 g/mol. The number of hydrogen-bond acceptors (Lipinski definition) is 5. The topological polar surface area (TPSA) is 31.8 Å². The van der Waals surface area contributed by atoms with Crippen molar-refractivity contribution >= 4 is 68.8 Å². The molecule has 0 bridgehead atoms. The summed E-state index contributed by atoms with van der Waals surface area (Å²) >= 11 is 0. The van der Waals surface area contributed by atoms with Crippen molar-refractivity contribution in [1.82, 2.24) is 4.98 Å². The van der Waals surface area contributed by atoms with Gasteiger partial charge in [0.05, 0.1) is 29.6 Å². The number of hydrogen-bond donors (Lipinski definition) is 0. The maximum absolute atomic E-state index is 9.55. The Labute approximate surface area is 488 Å². The van der Waals surface area contributed by atoms with Crippen molar-refractivity contribution in [3.63, 3.8) is 0 Å². The number of para-hydroxylation sites is 2. The molecule has 0 spiro atoms. The molecule has 0 aliphatic carbocycles. The third kappa shape index (κ3) is 8.44. The molecule has 10 aromatic rings. The molecule has 1 atom stereocenters. The Bertz CT molecular complexity index is 4380. The van der Waals surface area contributed by atoms with Crippen LogP contribution in [0.4, 0.5) is 39.9 Å². The molecule has 0 saturated carbocycles. The molecule has 13 rings (SSSR count). The molecule has 3 aliphatic heterocycles. The molecular formula is C75H72N4OSi. The predicted octanol–water partition coefficient (Wildman–Crippen LogP) is 17.4. The van der Waals surface area contributed by atoms with Gasteiger partial charge in [0.15, 0.2) is 8.07 Å². The normalized spacial score (nSPS) is 16.2. The van der Waals surface area contributed by atoms with Crippen molar-refractivity contribution in [2.45, 2.75) is 99.3 Å². The Morgan fingerprint density at radius 2 is 1.09 bits per heavy atom. The first-order chi connectivity index (χ1) is 40.9. The summed E-state index contributed by atoms with van der Waals surface area (Å²) in [6.45, 7) is 26.8. The molecular weight excluding hydrogens is 1000 g/mol. The summed E-state index contributed by atoms with van der Waals surface area (Å²) in [5.41, 5.74) is 17.0. The van der Waals surface area contributed by atoms with E-state index in [1.165, 1.54) is 48.6 Å². The molecule has 6 heteroatoms. The SMILES string of the molecule is [2H]c1c([2H])c([2H])c(-c2c(C)c(C)c(C)c(-c3cc(C(C)(C)C)cc(C(C)(C)C)c3)c2N2CN(c3cccc(Oc4ccc5c(c4)N(c4cc(C(C)(C)C)ccn4)c4cccc6c4[Si]5(c4ccccc4)c4ccccc4-6)c3)c3ccccc32)c([2H])c1[2H]. The fourth-order valence-corrected chi connectivity index (χ4v) is 18.5. The maximum atomic E-state index is 9.55. The third-order valence-corrected chi connectivity index (χ3v) is 22.3. The van der Waals surface area contributed by atoms with Crippen molar-refractivity contribution < 1.29 is 11.6 Å². The second-order valence-corrected chi connectivity index (χ2v) is 29.0. The van der Waals surface area contributed by atoms with Crippen molar-refractivity contribution in [1.29, 1.82) is 0 Å². The van der Waals surface area contributed by atoms with Crippen LogP contribution in [0.1, 0.15) is 103 Å². The van der Waals surface area contributed by atoms with Gasteiger partial charge in [-0.3, -0.25) is 4.90 Å². The zero-order chi connectivity index (χ0) is 60.7. The first-order valence-electron chi connectivity index (χ1n) is 30.9. The van der Waals surface area contributed by atoms with E-state index in [0.29, 0.717) is 23.7 Å². The monoisotopic (exact) mass is 1080 g/mol. The van der Waals surface area contributed by atoms with E-state index in [-0.39, 0.29) is 46.0 Å². The fourth-order valence-electron chi connectivity index (χ4n) is 13.0. The van der Waals surface area contributed by atoms with Gasteiger partial charge in [0.2, 0.25) is 0 Å². The van der Waals surface area contributed by atoms with Crippen LogP contribution in [0.3, 0.4) is 0 Å². The molecule has 9 aromatic carbocycles. The van der Waals surface area contributed by atoms with Crippen LogP contribution in [-0.4, -0.2) is 19.7 Å². The summed E-state index contributed by atoms with van der Waals surface area (Å²) in [5, 5.41) is 5.36. The van der Waals surface area contributed by atoms with Crippen LogP contribution < -0.4 is 40.2 Å². The first-order valence-corrected chi connectivity index (χ1v) is 30.4. The lowest BCUT2D eigenvalue weighted by Crippen LogP contribution is -2.75. The van der Waals surface area contributed by atoms with Crippen LogP contribution >= 0.6 is 0 Å².